The third-order valence-electron chi connectivity index (χ3n) is 5.13. The van der Waals surface area contributed by atoms with E-state index < -0.39 is 10.0 Å². The molecule has 136 valence electrons. The van der Waals surface area contributed by atoms with Crippen LogP contribution in [0.25, 0.3) is 11.0 Å². The van der Waals surface area contributed by atoms with Crippen LogP contribution >= 0.6 is 0 Å². The van der Waals surface area contributed by atoms with Gasteiger partial charge in [-0.3, -0.25) is 4.98 Å². The molecule has 3 heterocycles. The van der Waals surface area contributed by atoms with Crippen molar-refractivity contribution in [3.8, 4) is 0 Å². The second kappa shape index (κ2) is 6.81. The van der Waals surface area contributed by atoms with Gasteiger partial charge in [0.1, 0.15) is 10.7 Å². The van der Waals surface area contributed by atoms with Crippen molar-refractivity contribution in [3.63, 3.8) is 0 Å². The number of rotatable bonds is 4. The van der Waals surface area contributed by atoms with Crippen molar-refractivity contribution in [2.75, 3.05) is 13.1 Å². The molecule has 0 unspecified atom stereocenters. The maximum absolute atomic E-state index is 12.7. The van der Waals surface area contributed by atoms with Crippen molar-refractivity contribution < 1.29 is 8.42 Å². The third kappa shape index (κ3) is 3.12. The number of para-hydroxylation sites is 2. The summed E-state index contributed by atoms with van der Waals surface area (Å²) in [6.07, 6.45) is 4.71. The van der Waals surface area contributed by atoms with Gasteiger partial charge in [0, 0.05) is 32.0 Å². The Kier molecular flexibility index (Phi) is 4.50. The van der Waals surface area contributed by atoms with E-state index in [2.05, 4.69) is 20.6 Å². The zero-order valence-corrected chi connectivity index (χ0v) is 15.6. The maximum Gasteiger partial charge on any atom is 0.244 e. The van der Waals surface area contributed by atoms with Crippen LogP contribution in [0.4, 0.5) is 0 Å². The average Bonchev–Trinajstić information content (AvgIpc) is 2.98. The number of pyridine rings is 1. The van der Waals surface area contributed by atoms with Crippen LogP contribution in [0.3, 0.4) is 0 Å². The standard InChI is InChI=1S/C19H22N4O2S/c1-15-21-18-6-2-3-7-19(18)23(15)14-16-8-11-22(12-9-16)26(24,25)17-5-4-10-20-13-17/h2-7,10,13,16H,8-9,11-12,14H2,1H3. The molecule has 0 bridgehead atoms. The first-order chi connectivity index (χ1) is 12.6. The van der Waals surface area contributed by atoms with Crippen molar-refractivity contribution in [1.82, 2.24) is 18.8 Å². The van der Waals surface area contributed by atoms with Crippen LogP contribution in [0.5, 0.6) is 0 Å². The summed E-state index contributed by atoms with van der Waals surface area (Å²) in [6.45, 7) is 4.01. The molecule has 1 fully saturated rings. The van der Waals surface area contributed by atoms with Gasteiger partial charge in [-0.2, -0.15) is 4.31 Å². The molecule has 1 saturated heterocycles. The van der Waals surface area contributed by atoms with Gasteiger partial charge >= 0.3 is 0 Å². The predicted molar refractivity (Wildman–Crippen MR) is 100 cm³/mol. The van der Waals surface area contributed by atoms with E-state index in [1.165, 1.54) is 6.20 Å². The minimum absolute atomic E-state index is 0.273. The van der Waals surface area contributed by atoms with Crippen LogP contribution in [0.15, 0.2) is 53.7 Å². The zero-order chi connectivity index (χ0) is 18.1. The van der Waals surface area contributed by atoms with E-state index in [-0.39, 0.29) is 4.90 Å². The first-order valence-corrected chi connectivity index (χ1v) is 10.3. The lowest BCUT2D eigenvalue weighted by molar-refractivity contribution is 0.253. The second-order valence-electron chi connectivity index (χ2n) is 6.79. The van der Waals surface area contributed by atoms with Gasteiger partial charge < -0.3 is 4.57 Å². The fourth-order valence-corrected chi connectivity index (χ4v) is 5.10. The molecule has 0 saturated carbocycles. The van der Waals surface area contributed by atoms with E-state index in [1.54, 1.807) is 22.6 Å². The summed E-state index contributed by atoms with van der Waals surface area (Å²) in [6, 6.07) is 11.4. The Morgan fingerprint density at radius 2 is 1.88 bits per heavy atom. The SMILES string of the molecule is Cc1nc2ccccc2n1CC1CCN(S(=O)(=O)c2cccnc2)CC1. The summed E-state index contributed by atoms with van der Waals surface area (Å²) in [5.74, 6) is 1.46. The monoisotopic (exact) mass is 370 g/mol. The predicted octanol–water partition coefficient (Wildman–Crippen LogP) is 2.84. The number of nitrogens with zero attached hydrogens (tertiary/aromatic N) is 4. The lowest BCUT2D eigenvalue weighted by atomic mass is 9.98. The minimum Gasteiger partial charge on any atom is -0.328 e. The van der Waals surface area contributed by atoms with Gasteiger partial charge in [0.15, 0.2) is 0 Å². The van der Waals surface area contributed by atoms with E-state index >= 15 is 0 Å². The van der Waals surface area contributed by atoms with Gasteiger partial charge in [-0.1, -0.05) is 12.1 Å². The Morgan fingerprint density at radius 3 is 2.62 bits per heavy atom. The molecule has 0 amide bonds. The van der Waals surface area contributed by atoms with Crippen molar-refractivity contribution >= 4 is 21.1 Å². The fraction of sp³-hybridized carbons (Fsp3) is 0.368. The molecule has 0 spiro atoms. The number of benzene rings is 1. The van der Waals surface area contributed by atoms with E-state index in [0.717, 1.165) is 36.2 Å². The quantitative estimate of drug-likeness (QED) is 0.708. The Labute approximate surface area is 153 Å². The molecule has 2 aromatic heterocycles. The molecule has 0 atom stereocenters. The largest absolute Gasteiger partial charge is 0.328 e. The molecule has 1 aliphatic rings. The van der Waals surface area contributed by atoms with Gasteiger partial charge in [-0.25, -0.2) is 13.4 Å². The maximum atomic E-state index is 12.7. The summed E-state index contributed by atoms with van der Waals surface area (Å²) >= 11 is 0. The highest BCUT2D eigenvalue weighted by molar-refractivity contribution is 7.89. The third-order valence-corrected chi connectivity index (χ3v) is 7.01. The Balaban J connectivity index is 1.46. The minimum atomic E-state index is -3.44. The first-order valence-electron chi connectivity index (χ1n) is 8.88. The summed E-state index contributed by atoms with van der Waals surface area (Å²) in [4.78, 5) is 8.83. The number of fused-ring (bicyclic) bond motifs is 1. The van der Waals surface area contributed by atoms with Crippen LogP contribution < -0.4 is 0 Å². The van der Waals surface area contributed by atoms with Gasteiger partial charge in [-0.15, -0.1) is 0 Å². The lowest BCUT2D eigenvalue weighted by Crippen LogP contribution is -2.39. The van der Waals surface area contributed by atoms with Gasteiger partial charge in [0.25, 0.3) is 0 Å². The Hall–Kier alpha value is -2.25. The van der Waals surface area contributed by atoms with Crippen LogP contribution in [0.2, 0.25) is 0 Å². The summed E-state index contributed by atoms with van der Waals surface area (Å²) in [5, 5.41) is 0. The highest BCUT2D eigenvalue weighted by Gasteiger charge is 2.29. The normalized spacial score (nSPS) is 17.0. The number of hydrogen-bond acceptors (Lipinski definition) is 4. The molecular weight excluding hydrogens is 348 g/mol. The van der Waals surface area contributed by atoms with E-state index in [0.29, 0.717) is 19.0 Å². The number of imidazole rings is 1. The molecule has 0 aliphatic carbocycles. The number of hydrogen-bond donors (Lipinski definition) is 0. The molecule has 3 aromatic rings. The Morgan fingerprint density at radius 1 is 1.12 bits per heavy atom. The molecule has 0 N–H and O–H groups in total. The summed E-state index contributed by atoms with van der Waals surface area (Å²) in [7, 11) is -3.44. The number of aryl methyl sites for hydroxylation is 1. The summed E-state index contributed by atoms with van der Waals surface area (Å²) in [5.41, 5.74) is 2.16. The van der Waals surface area contributed by atoms with Gasteiger partial charge in [0.05, 0.1) is 11.0 Å². The average molecular weight is 370 g/mol. The number of piperidine rings is 1. The van der Waals surface area contributed by atoms with Crippen molar-refractivity contribution in [1.29, 1.82) is 0 Å². The number of aromatic nitrogens is 3. The molecular formula is C19H22N4O2S. The summed E-state index contributed by atoms with van der Waals surface area (Å²) < 4.78 is 29.3. The molecule has 26 heavy (non-hydrogen) atoms. The molecule has 7 heteroatoms. The lowest BCUT2D eigenvalue weighted by Gasteiger charge is -2.31. The smallest absolute Gasteiger partial charge is 0.244 e. The Bertz CT molecular complexity index is 1010. The van der Waals surface area contributed by atoms with Crippen LogP contribution in [0.1, 0.15) is 18.7 Å². The highest BCUT2D eigenvalue weighted by Crippen LogP contribution is 2.26. The topological polar surface area (TPSA) is 68.1 Å². The van der Waals surface area contributed by atoms with Gasteiger partial charge in [0.2, 0.25) is 10.0 Å². The molecule has 4 rings (SSSR count). The van der Waals surface area contributed by atoms with Crippen molar-refractivity contribution in [3.05, 3.63) is 54.6 Å². The van der Waals surface area contributed by atoms with E-state index in [1.807, 2.05) is 25.1 Å². The second-order valence-corrected chi connectivity index (χ2v) is 8.73. The molecule has 1 aromatic carbocycles. The number of sulfonamides is 1. The molecule has 1 aliphatic heterocycles. The molecule has 6 nitrogen and oxygen atoms in total. The van der Waals surface area contributed by atoms with Gasteiger partial charge in [-0.05, 0) is 49.9 Å². The highest BCUT2D eigenvalue weighted by atomic mass is 32.2. The zero-order valence-electron chi connectivity index (χ0n) is 14.7. The fourth-order valence-electron chi connectivity index (χ4n) is 3.67. The van der Waals surface area contributed by atoms with Crippen molar-refractivity contribution in [2.45, 2.75) is 31.2 Å². The van der Waals surface area contributed by atoms with Crippen LogP contribution in [-0.2, 0) is 16.6 Å². The van der Waals surface area contributed by atoms with Crippen molar-refractivity contribution in [2.24, 2.45) is 5.92 Å². The first kappa shape index (κ1) is 17.2. The van der Waals surface area contributed by atoms with Crippen LogP contribution in [-0.4, -0.2) is 40.3 Å². The van der Waals surface area contributed by atoms with E-state index in [9.17, 15) is 8.42 Å². The molecule has 0 radical (unpaired) electrons. The van der Waals surface area contributed by atoms with E-state index in [4.69, 9.17) is 0 Å². The van der Waals surface area contributed by atoms with Crippen LogP contribution in [0, 0.1) is 12.8 Å².